The predicted molar refractivity (Wildman–Crippen MR) is 119 cm³/mol. The van der Waals surface area contributed by atoms with E-state index < -0.39 is 15.8 Å². The Morgan fingerprint density at radius 2 is 1.59 bits per heavy atom. The largest absolute Gasteiger partial charge is 0.497 e. The van der Waals surface area contributed by atoms with Gasteiger partial charge in [0.15, 0.2) is 0 Å². The standard InChI is InChI=1S/C23H23FN2O5S/c1-15(21-14-19(30-2)10-13-22(21)31-3)25-23(27)16-4-8-18(9-5-16)26-32(28,29)20-11-6-17(24)7-12-20/h4-15,26H,1-3H3,(H,25,27). The molecule has 0 fully saturated rings. The smallest absolute Gasteiger partial charge is 0.261 e. The Balaban J connectivity index is 1.71. The molecule has 0 aliphatic carbocycles. The van der Waals surface area contributed by atoms with E-state index in [1.165, 1.54) is 36.4 Å². The molecule has 3 rings (SSSR count). The minimum atomic E-state index is -3.88. The highest BCUT2D eigenvalue weighted by atomic mass is 32.2. The molecule has 0 aliphatic rings. The zero-order valence-corrected chi connectivity index (χ0v) is 18.6. The molecular weight excluding hydrogens is 435 g/mol. The average Bonchev–Trinajstić information content (AvgIpc) is 2.79. The van der Waals surface area contributed by atoms with Gasteiger partial charge in [-0.2, -0.15) is 0 Å². The molecule has 7 nitrogen and oxygen atoms in total. The molecule has 0 bridgehead atoms. The van der Waals surface area contributed by atoms with E-state index in [4.69, 9.17) is 9.47 Å². The highest BCUT2D eigenvalue weighted by Crippen LogP contribution is 2.29. The first-order valence-corrected chi connectivity index (χ1v) is 11.1. The normalized spacial score (nSPS) is 12.0. The molecular formula is C23H23FN2O5S. The molecule has 9 heteroatoms. The summed E-state index contributed by atoms with van der Waals surface area (Å²) in [4.78, 5) is 12.6. The van der Waals surface area contributed by atoms with Crippen LogP contribution >= 0.6 is 0 Å². The molecule has 0 aliphatic heterocycles. The highest BCUT2D eigenvalue weighted by Gasteiger charge is 2.17. The van der Waals surface area contributed by atoms with Crippen LogP contribution in [-0.2, 0) is 10.0 Å². The van der Waals surface area contributed by atoms with Gasteiger partial charge < -0.3 is 14.8 Å². The second-order valence-electron chi connectivity index (χ2n) is 6.94. The predicted octanol–water partition coefficient (Wildman–Crippen LogP) is 4.13. The van der Waals surface area contributed by atoms with Gasteiger partial charge in [-0.3, -0.25) is 9.52 Å². The van der Waals surface area contributed by atoms with Gasteiger partial charge in [0.1, 0.15) is 17.3 Å². The number of benzene rings is 3. The van der Waals surface area contributed by atoms with Crippen molar-refractivity contribution in [3.05, 3.63) is 83.7 Å². The Morgan fingerprint density at radius 1 is 0.938 bits per heavy atom. The van der Waals surface area contributed by atoms with Crippen molar-refractivity contribution in [2.45, 2.75) is 17.9 Å². The molecule has 1 unspecified atom stereocenters. The minimum absolute atomic E-state index is 0.0678. The summed E-state index contributed by atoms with van der Waals surface area (Å²) < 4.78 is 50.9. The van der Waals surface area contributed by atoms with Crippen LogP contribution in [0, 0.1) is 5.82 Å². The summed E-state index contributed by atoms with van der Waals surface area (Å²) in [5, 5.41) is 2.89. The second-order valence-corrected chi connectivity index (χ2v) is 8.62. The zero-order valence-electron chi connectivity index (χ0n) is 17.8. The molecule has 2 N–H and O–H groups in total. The molecule has 0 spiro atoms. The zero-order chi connectivity index (χ0) is 23.3. The third-order valence-electron chi connectivity index (χ3n) is 4.77. The van der Waals surface area contributed by atoms with Gasteiger partial charge in [-0.25, -0.2) is 12.8 Å². The van der Waals surface area contributed by atoms with Crippen LogP contribution in [0.5, 0.6) is 11.5 Å². The molecule has 32 heavy (non-hydrogen) atoms. The van der Waals surface area contributed by atoms with Crippen molar-refractivity contribution in [2.75, 3.05) is 18.9 Å². The maximum absolute atomic E-state index is 13.0. The Hall–Kier alpha value is -3.59. The first-order chi connectivity index (χ1) is 15.2. The lowest BCUT2D eigenvalue weighted by Crippen LogP contribution is -2.27. The number of nitrogens with one attached hydrogen (secondary N) is 2. The van der Waals surface area contributed by atoms with Crippen LogP contribution in [0.2, 0.25) is 0 Å². The van der Waals surface area contributed by atoms with Gasteiger partial charge in [-0.15, -0.1) is 0 Å². The number of ether oxygens (including phenoxy) is 2. The fourth-order valence-electron chi connectivity index (χ4n) is 3.05. The molecule has 3 aromatic carbocycles. The van der Waals surface area contributed by atoms with Gasteiger partial charge in [0.2, 0.25) is 0 Å². The average molecular weight is 459 g/mol. The third kappa shape index (κ3) is 5.36. The maximum atomic E-state index is 13.0. The lowest BCUT2D eigenvalue weighted by atomic mass is 10.1. The number of methoxy groups -OCH3 is 2. The van der Waals surface area contributed by atoms with E-state index in [0.717, 1.165) is 17.7 Å². The van der Waals surface area contributed by atoms with Crippen molar-refractivity contribution in [3.63, 3.8) is 0 Å². The number of amides is 1. The van der Waals surface area contributed by atoms with Gasteiger partial charge in [0, 0.05) is 16.8 Å². The third-order valence-corrected chi connectivity index (χ3v) is 6.17. The molecule has 0 heterocycles. The van der Waals surface area contributed by atoms with E-state index in [9.17, 15) is 17.6 Å². The van der Waals surface area contributed by atoms with Crippen molar-refractivity contribution >= 4 is 21.6 Å². The summed E-state index contributed by atoms with van der Waals surface area (Å²) in [7, 11) is -0.772. The molecule has 0 radical (unpaired) electrons. The number of rotatable bonds is 8. The first-order valence-electron chi connectivity index (χ1n) is 9.64. The number of carbonyl (C=O) groups is 1. The number of carbonyl (C=O) groups excluding carboxylic acids is 1. The van der Waals surface area contributed by atoms with Crippen molar-refractivity contribution < 1.29 is 27.1 Å². The van der Waals surface area contributed by atoms with Crippen molar-refractivity contribution in [1.29, 1.82) is 0 Å². The first kappa shape index (κ1) is 23.1. The monoisotopic (exact) mass is 458 g/mol. The minimum Gasteiger partial charge on any atom is -0.497 e. The topological polar surface area (TPSA) is 93.7 Å². The number of anilines is 1. The van der Waals surface area contributed by atoms with Crippen LogP contribution in [0.3, 0.4) is 0 Å². The van der Waals surface area contributed by atoms with Crippen molar-refractivity contribution in [1.82, 2.24) is 5.32 Å². The van der Waals surface area contributed by atoms with Gasteiger partial charge in [0.25, 0.3) is 15.9 Å². The molecule has 1 amide bonds. The quantitative estimate of drug-likeness (QED) is 0.529. The molecule has 168 valence electrons. The van der Waals surface area contributed by atoms with E-state index in [1.807, 2.05) is 6.92 Å². The summed E-state index contributed by atoms with van der Waals surface area (Å²) in [6.45, 7) is 1.82. The summed E-state index contributed by atoms with van der Waals surface area (Å²) in [5.41, 5.74) is 1.38. The van der Waals surface area contributed by atoms with Crippen LogP contribution < -0.4 is 19.5 Å². The van der Waals surface area contributed by atoms with Crippen LogP contribution in [-0.4, -0.2) is 28.5 Å². The van der Waals surface area contributed by atoms with Crippen LogP contribution in [0.25, 0.3) is 0 Å². The SMILES string of the molecule is COc1ccc(OC)c(C(C)NC(=O)c2ccc(NS(=O)(=O)c3ccc(F)cc3)cc2)c1. The fourth-order valence-corrected chi connectivity index (χ4v) is 4.11. The number of halogens is 1. The summed E-state index contributed by atoms with van der Waals surface area (Å²) >= 11 is 0. The van der Waals surface area contributed by atoms with E-state index in [0.29, 0.717) is 17.1 Å². The van der Waals surface area contributed by atoms with Crippen molar-refractivity contribution in [2.24, 2.45) is 0 Å². The van der Waals surface area contributed by atoms with Gasteiger partial charge in [-0.05, 0) is 73.7 Å². The summed E-state index contributed by atoms with van der Waals surface area (Å²) in [6, 6.07) is 15.4. The molecule has 0 saturated heterocycles. The van der Waals surface area contributed by atoms with Crippen LogP contribution in [0.4, 0.5) is 10.1 Å². The fraction of sp³-hybridized carbons (Fsp3) is 0.174. The maximum Gasteiger partial charge on any atom is 0.261 e. The molecule has 0 aromatic heterocycles. The Morgan fingerprint density at radius 3 is 2.19 bits per heavy atom. The van der Waals surface area contributed by atoms with Gasteiger partial charge >= 0.3 is 0 Å². The Labute approximate surface area is 186 Å². The summed E-state index contributed by atoms with van der Waals surface area (Å²) in [6.07, 6.45) is 0. The van der Waals surface area contributed by atoms with E-state index in [1.54, 1.807) is 32.4 Å². The molecule has 0 saturated carbocycles. The van der Waals surface area contributed by atoms with E-state index in [-0.39, 0.29) is 22.5 Å². The van der Waals surface area contributed by atoms with Gasteiger partial charge in [-0.1, -0.05) is 0 Å². The Bertz CT molecular complexity index is 1200. The summed E-state index contributed by atoms with van der Waals surface area (Å²) in [5.74, 6) is 0.388. The second kappa shape index (κ2) is 9.69. The van der Waals surface area contributed by atoms with E-state index in [2.05, 4.69) is 10.0 Å². The number of sulfonamides is 1. The van der Waals surface area contributed by atoms with Crippen molar-refractivity contribution in [3.8, 4) is 11.5 Å². The van der Waals surface area contributed by atoms with Gasteiger partial charge in [0.05, 0.1) is 25.2 Å². The lowest BCUT2D eigenvalue weighted by molar-refractivity contribution is 0.0939. The molecule has 3 aromatic rings. The molecule has 1 atom stereocenters. The highest BCUT2D eigenvalue weighted by molar-refractivity contribution is 7.92. The number of hydrogen-bond acceptors (Lipinski definition) is 5. The van der Waals surface area contributed by atoms with E-state index >= 15 is 0 Å². The lowest BCUT2D eigenvalue weighted by Gasteiger charge is -2.18. The van der Waals surface area contributed by atoms with Crippen LogP contribution in [0.1, 0.15) is 28.9 Å². The van der Waals surface area contributed by atoms with Crippen LogP contribution in [0.15, 0.2) is 71.6 Å². The number of hydrogen-bond donors (Lipinski definition) is 2. The Kier molecular flexibility index (Phi) is 6.99.